The minimum absolute atomic E-state index is 0. The molecule has 1 N–H and O–H groups in total. The van der Waals surface area contributed by atoms with E-state index in [-0.39, 0.29) is 41.3 Å². The molecule has 0 aliphatic carbocycles. The molecule has 1 aliphatic heterocycles. The van der Waals surface area contributed by atoms with Crippen molar-refractivity contribution < 1.29 is 4.39 Å². The second kappa shape index (κ2) is 8.91. The molecule has 0 unspecified atom stereocenters. The van der Waals surface area contributed by atoms with Gasteiger partial charge in [0.15, 0.2) is 0 Å². The molecule has 2 rings (SSSR count). The zero-order valence-electron chi connectivity index (χ0n) is 13.0. The molecule has 0 saturated carbocycles. The lowest BCUT2D eigenvalue weighted by molar-refractivity contribution is 0.0835. The van der Waals surface area contributed by atoms with Crippen molar-refractivity contribution in [2.75, 3.05) is 26.2 Å². The first-order valence-electron chi connectivity index (χ1n) is 6.90. The summed E-state index contributed by atoms with van der Waals surface area (Å²) >= 11 is 12.2. The first kappa shape index (κ1) is 22.2. The Hall–Kier alpha value is 0.230. The van der Waals surface area contributed by atoms with Gasteiger partial charge in [-0.25, -0.2) is 4.39 Å². The highest BCUT2D eigenvalue weighted by Crippen LogP contribution is 2.43. The van der Waals surface area contributed by atoms with Crippen molar-refractivity contribution in [1.29, 1.82) is 0 Å². The summed E-state index contributed by atoms with van der Waals surface area (Å²) in [5.74, 6) is -0.391. The van der Waals surface area contributed by atoms with E-state index < -0.39 is 5.82 Å². The van der Waals surface area contributed by atoms with E-state index in [0.717, 1.165) is 26.2 Å². The van der Waals surface area contributed by atoms with Gasteiger partial charge < -0.3 is 5.32 Å². The molecule has 1 fully saturated rings. The average molecular weight is 392 g/mol. The van der Waals surface area contributed by atoms with Crippen molar-refractivity contribution in [3.8, 4) is 0 Å². The van der Waals surface area contributed by atoms with Crippen molar-refractivity contribution in [2.24, 2.45) is 5.41 Å². The average Bonchev–Trinajstić information content (AvgIpc) is 2.39. The minimum atomic E-state index is -0.391. The third kappa shape index (κ3) is 4.86. The van der Waals surface area contributed by atoms with Crippen LogP contribution in [0.2, 0.25) is 10.0 Å². The molecule has 1 aliphatic rings. The van der Waals surface area contributed by atoms with E-state index in [1.807, 2.05) is 0 Å². The molecule has 128 valence electrons. The number of nitrogens with one attached hydrogen (secondary N) is 1. The van der Waals surface area contributed by atoms with Crippen LogP contribution in [-0.2, 0) is 0 Å². The van der Waals surface area contributed by atoms with Crippen LogP contribution in [0.5, 0.6) is 0 Å². The number of halogens is 5. The Morgan fingerprint density at radius 2 is 1.59 bits per heavy atom. The highest BCUT2D eigenvalue weighted by molar-refractivity contribution is 6.33. The normalized spacial score (nSPS) is 17.4. The lowest BCUT2D eigenvalue weighted by atomic mass is 9.80. The van der Waals surface area contributed by atoms with Crippen LogP contribution < -0.4 is 5.32 Å². The number of piperazine rings is 1. The van der Waals surface area contributed by atoms with Crippen molar-refractivity contribution in [1.82, 2.24) is 10.2 Å². The Bertz CT molecular complexity index is 485. The lowest BCUT2D eigenvalue weighted by Gasteiger charge is -2.43. The predicted molar refractivity (Wildman–Crippen MR) is 97.6 cm³/mol. The van der Waals surface area contributed by atoms with Gasteiger partial charge in [-0.05, 0) is 17.5 Å². The summed E-state index contributed by atoms with van der Waals surface area (Å²) in [5, 5.41) is 3.90. The maximum absolute atomic E-state index is 14.5. The van der Waals surface area contributed by atoms with E-state index in [2.05, 4.69) is 31.0 Å². The lowest BCUT2D eigenvalue weighted by Crippen LogP contribution is -2.48. The molecule has 0 aromatic heterocycles. The van der Waals surface area contributed by atoms with Crippen LogP contribution in [0, 0.1) is 11.2 Å². The first-order valence-corrected chi connectivity index (χ1v) is 7.66. The van der Waals surface area contributed by atoms with Crippen molar-refractivity contribution in [3.05, 3.63) is 33.6 Å². The fourth-order valence-electron chi connectivity index (χ4n) is 2.90. The Morgan fingerprint density at radius 1 is 1.09 bits per heavy atom. The summed E-state index contributed by atoms with van der Waals surface area (Å²) in [6, 6.07) is 3.11. The summed E-state index contributed by atoms with van der Waals surface area (Å²) < 4.78 is 14.5. The first-order chi connectivity index (χ1) is 9.32. The van der Waals surface area contributed by atoms with Crippen molar-refractivity contribution in [3.63, 3.8) is 0 Å². The van der Waals surface area contributed by atoms with Gasteiger partial charge in [-0.2, -0.15) is 0 Å². The zero-order valence-corrected chi connectivity index (χ0v) is 16.1. The van der Waals surface area contributed by atoms with Gasteiger partial charge in [-0.3, -0.25) is 4.90 Å². The van der Waals surface area contributed by atoms with E-state index in [0.29, 0.717) is 10.6 Å². The number of hydrogen-bond acceptors (Lipinski definition) is 2. The maximum atomic E-state index is 14.5. The Kier molecular flexibility index (Phi) is 9.00. The topological polar surface area (TPSA) is 15.3 Å². The molecule has 0 spiro atoms. The van der Waals surface area contributed by atoms with E-state index in [9.17, 15) is 4.39 Å². The van der Waals surface area contributed by atoms with Gasteiger partial charge in [-0.1, -0.05) is 44.0 Å². The second-order valence-electron chi connectivity index (χ2n) is 6.31. The van der Waals surface area contributed by atoms with Gasteiger partial charge in [0.25, 0.3) is 0 Å². The van der Waals surface area contributed by atoms with Gasteiger partial charge in [0.1, 0.15) is 5.82 Å². The van der Waals surface area contributed by atoms with Gasteiger partial charge in [0.2, 0.25) is 0 Å². The molecule has 1 aromatic carbocycles. The standard InChI is InChI=1S/C15H21Cl2FN2.2ClH/c1-15(2,3)14(20-8-6-19-7-9-20)12-10(16)4-5-11(17)13(12)18;;/h4-5,14,19H,6-9H2,1-3H3;2*1H/t14-;;/m1../s1. The summed E-state index contributed by atoms with van der Waals surface area (Å²) in [6.07, 6.45) is 0. The summed E-state index contributed by atoms with van der Waals surface area (Å²) in [4.78, 5) is 2.29. The third-order valence-electron chi connectivity index (χ3n) is 3.69. The van der Waals surface area contributed by atoms with Crippen molar-refractivity contribution in [2.45, 2.75) is 26.8 Å². The second-order valence-corrected chi connectivity index (χ2v) is 7.13. The molecule has 22 heavy (non-hydrogen) atoms. The SMILES string of the molecule is CC(C)(C)[C@@H](c1c(Cl)ccc(Cl)c1F)N1CCNCC1.Cl.Cl. The number of nitrogens with zero attached hydrogens (tertiary/aromatic N) is 1. The van der Waals surface area contributed by atoms with Gasteiger partial charge in [0.05, 0.1) is 5.02 Å². The molecule has 0 radical (unpaired) electrons. The smallest absolute Gasteiger partial charge is 0.148 e. The monoisotopic (exact) mass is 390 g/mol. The van der Waals surface area contributed by atoms with Crippen LogP contribution in [0.15, 0.2) is 12.1 Å². The Balaban J connectivity index is 0.00000220. The molecule has 1 heterocycles. The zero-order chi connectivity index (χ0) is 14.9. The highest BCUT2D eigenvalue weighted by Gasteiger charge is 2.36. The quantitative estimate of drug-likeness (QED) is 0.716. The van der Waals surface area contributed by atoms with Crippen LogP contribution in [0.25, 0.3) is 0 Å². The molecular formula is C15H23Cl4FN2. The van der Waals surface area contributed by atoms with Crippen LogP contribution in [0.3, 0.4) is 0 Å². The van der Waals surface area contributed by atoms with E-state index in [4.69, 9.17) is 23.2 Å². The number of hydrogen-bond donors (Lipinski definition) is 1. The Labute approximate surface area is 154 Å². The molecule has 2 nitrogen and oxygen atoms in total. The fraction of sp³-hybridized carbons (Fsp3) is 0.600. The van der Waals surface area contributed by atoms with Gasteiger partial charge in [0, 0.05) is 42.8 Å². The molecule has 1 atom stereocenters. The predicted octanol–water partition coefficient (Wildman–Crippen LogP) is 4.97. The molecule has 1 saturated heterocycles. The van der Waals surface area contributed by atoms with Gasteiger partial charge in [-0.15, -0.1) is 24.8 Å². The van der Waals surface area contributed by atoms with Gasteiger partial charge >= 0.3 is 0 Å². The number of rotatable bonds is 2. The Morgan fingerprint density at radius 3 is 2.09 bits per heavy atom. The summed E-state index contributed by atoms with van der Waals surface area (Å²) in [6.45, 7) is 9.90. The van der Waals surface area contributed by atoms with E-state index >= 15 is 0 Å². The largest absolute Gasteiger partial charge is 0.314 e. The van der Waals surface area contributed by atoms with Crippen molar-refractivity contribution >= 4 is 48.0 Å². The van der Waals surface area contributed by atoms with Crippen LogP contribution in [-0.4, -0.2) is 31.1 Å². The highest BCUT2D eigenvalue weighted by atomic mass is 35.5. The van der Waals surface area contributed by atoms with E-state index in [1.165, 1.54) is 6.07 Å². The molecule has 7 heteroatoms. The van der Waals surface area contributed by atoms with E-state index in [1.54, 1.807) is 6.07 Å². The third-order valence-corrected chi connectivity index (χ3v) is 4.31. The molecular weight excluding hydrogens is 369 g/mol. The molecule has 1 aromatic rings. The number of benzene rings is 1. The van der Waals surface area contributed by atoms with Crippen LogP contribution in [0.1, 0.15) is 32.4 Å². The summed E-state index contributed by atoms with van der Waals surface area (Å²) in [7, 11) is 0. The molecule has 0 bridgehead atoms. The van der Waals surface area contributed by atoms with Crippen LogP contribution in [0.4, 0.5) is 4.39 Å². The summed E-state index contributed by atoms with van der Waals surface area (Å²) in [5.41, 5.74) is 0.389. The maximum Gasteiger partial charge on any atom is 0.148 e. The van der Waals surface area contributed by atoms with Crippen LogP contribution >= 0.6 is 48.0 Å². The molecule has 0 amide bonds. The fourth-order valence-corrected chi connectivity index (χ4v) is 3.31. The minimum Gasteiger partial charge on any atom is -0.314 e.